The van der Waals surface area contributed by atoms with Crippen molar-refractivity contribution in [3.63, 3.8) is 0 Å². The van der Waals surface area contributed by atoms with Crippen LogP contribution in [-0.4, -0.2) is 11.1 Å². The number of hydrogen-bond acceptors (Lipinski definition) is 1. The molecule has 0 amide bonds. The summed E-state index contributed by atoms with van der Waals surface area (Å²) in [5.74, 6) is -0.773. The van der Waals surface area contributed by atoms with E-state index in [0.29, 0.717) is 12.0 Å². The van der Waals surface area contributed by atoms with Crippen LogP contribution in [-0.2, 0) is 4.79 Å². The van der Waals surface area contributed by atoms with Gasteiger partial charge in [-0.25, -0.2) is 4.79 Å². The van der Waals surface area contributed by atoms with Crippen molar-refractivity contribution in [2.45, 2.75) is 45.4 Å². The second kappa shape index (κ2) is 8.53. The number of rotatable bonds is 7. The van der Waals surface area contributed by atoms with Crippen LogP contribution in [0.2, 0.25) is 0 Å². The molecule has 0 aliphatic rings. The van der Waals surface area contributed by atoms with Crippen molar-refractivity contribution in [2.75, 3.05) is 0 Å². The standard InChI is InChI=1S/C10H17IO2/c1-2-3-4-5-6-7-9(8-11)10(12)13/h8H,2-7H2,1H3,(H,12,13)/b9-8+. The SMILES string of the molecule is CCCCCCC/C(=C\I)C(=O)O. The van der Waals surface area contributed by atoms with E-state index in [9.17, 15) is 4.79 Å². The summed E-state index contributed by atoms with van der Waals surface area (Å²) in [6.45, 7) is 2.17. The van der Waals surface area contributed by atoms with Crippen molar-refractivity contribution in [1.82, 2.24) is 0 Å². The number of unbranched alkanes of at least 4 members (excludes halogenated alkanes) is 4. The highest BCUT2D eigenvalue weighted by molar-refractivity contribution is 14.1. The van der Waals surface area contributed by atoms with Gasteiger partial charge >= 0.3 is 5.97 Å². The maximum atomic E-state index is 10.6. The van der Waals surface area contributed by atoms with Crippen molar-refractivity contribution in [3.8, 4) is 0 Å². The summed E-state index contributed by atoms with van der Waals surface area (Å²) in [7, 11) is 0. The van der Waals surface area contributed by atoms with Crippen LogP contribution in [0.4, 0.5) is 0 Å². The lowest BCUT2D eigenvalue weighted by Gasteiger charge is -2.00. The van der Waals surface area contributed by atoms with Crippen LogP contribution in [0.25, 0.3) is 0 Å². The van der Waals surface area contributed by atoms with Gasteiger partial charge in [-0.2, -0.15) is 0 Å². The van der Waals surface area contributed by atoms with E-state index >= 15 is 0 Å². The molecule has 0 saturated heterocycles. The van der Waals surface area contributed by atoms with Crippen molar-refractivity contribution in [3.05, 3.63) is 9.66 Å². The summed E-state index contributed by atoms with van der Waals surface area (Å²) in [4.78, 5) is 10.6. The van der Waals surface area contributed by atoms with Crippen molar-refractivity contribution in [2.24, 2.45) is 0 Å². The molecule has 0 fully saturated rings. The molecule has 0 aromatic heterocycles. The van der Waals surface area contributed by atoms with E-state index in [1.165, 1.54) is 19.3 Å². The number of carbonyl (C=O) groups is 1. The molecule has 0 rings (SSSR count). The fourth-order valence-corrected chi connectivity index (χ4v) is 1.70. The molecule has 1 N–H and O–H groups in total. The third-order valence-corrected chi connectivity index (χ3v) is 2.71. The molecule has 13 heavy (non-hydrogen) atoms. The van der Waals surface area contributed by atoms with Crippen LogP contribution in [0, 0.1) is 0 Å². The summed E-state index contributed by atoms with van der Waals surface area (Å²) in [6, 6.07) is 0. The minimum atomic E-state index is -0.773. The Labute approximate surface area is 93.6 Å². The molecule has 0 aromatic rings. The minimum Gasteiger partial charge on any atom is -0.478 e. The molecule has 0 aromatic carbocycles. The first-order valence-corrected chi connectivity index (χ1v) is 5.99. The number of aliphatic carboxylic acids is 1. The minimum absolute atomic E-state index is 0.539. The number of carboxylic acid groups (broad SMARTS) is 1. The van der Waals surface area contributed by atoms with Gasteiger partial charge in [-0.3, -0.25) is 0 Å². The summed E-state index contributed by atoms with van der Waals surface area (Å²) in [5.41, 5.74) is 0.539. The zero-order valence-corrected chi connectivity index (χ0v) is 10.2. The van der Waals surface area contributed by atoms with Crippen LogP contribution in [0.15, 0.2) is 9.66 Å². The smallest absolute Gasteiger partial charge is 0.332 e. The van der Waals surface area contributed by atoms with E-state index in [-0.39, 0.29) is 0 Å². The molecule has 0 radical (unpaired) electrons. The zero-order valence-electron chi connectivity index (χ0n) is 8.05. The summed E-state index contributed by atoms with van der Waals surface area (Å²) in [6.07, 6.45) is 6.58. The van der Waals surface area contributed by atoms with E-state index in [4.69, 9.17) is 5.11 Å². The molecular formula is C10H17IO2. The maximum absolute atomic E-state index is 10.6. The first-order valence-electron chi connectivity index (χ1n) is 4.75. The lowest BCUT2D eigenvalue weighted by Crippen LogP contribution is -1.99. The van der Waals surface area contributed by atoms with Crippen LogP contribution < -0.4 is 0 Å². The molecular weight excluding hydrogens is 279 g/mol. The van der Waals surface area contributed by atoms with Gasteiger partial charge in [-0.1, -0.05) is 55.2 Å². The largest absolute Gasteiger partial charge is 0.478 e. The second-order valence-corrected chi connectivity index (χ2v) is 3.73. The highest BCUT2D eigenvalue weighted by atomic mass is 127. The van der Waals surface area contributed by atoms with Crippen LogP contribution >= 0.6 is 22.6 Å². The average Bonchev–Trinajstić information content (AvgIpc) is 2.10. The fourth-order valence-electron chi connectivity index (χ4n) is 1.13. The Morgan fingerprint density at radius 3 is 2.38 bits per heavy atom. The summed E-state index contributed by atoms with van der Waals surface area (Å²) < 4.78 is 1.67. The topological polar surface area (TPSA) is 37.3 Å². The lowest BCUT2D eigenvalue weighted by molar-refractivity contribution is -0.132. The molecule has 2 nitrogen and oxygen atoms in total. The van der Waals surface area contributed by atoms with Crippen LogP contribution in [0.1, 0.15) is 45.4 Å². The predicted molar refractivity (Wildman–Crippen MR) is 63.1 cm³/mol. The molecule has 0 heterocycles. The zero-order chi connectivity index (χ0) is 10.1. The van der Waals surface area contributed by atoms with E-state index in [1.807, 2.05) is 22.6 Å². The molecule has 3 heteroatoms. The second-order valence-electron chi connectivity index (χ2n) is 3.10. The highest BCUT2D eigenvalue weighted by Gasteiger charge is 2.04. The number of carboxylic acids is 1. The van der Waals surface area contributed by atoms with Gasteiger partial charge in [0.15, 0.2) is 0 Å². The molecule has 0 aliphatic heterocycles. The Kier molecular flexibility index (Phi) is 8.49. The molecule has 0 atom stereocenters. The molecule has 0 spiro atoms. The molecule has 0 bridgehead atoms. The monoisotopic (exact) mass is 296 g/mol. The van der Waals surface area contributed by atoms with Gasteiger partial charge in [-0.05, 0) is 16.9 Å². The number of hydrogen-bond donors (Lipinski definition) is 1. The van der Waals surface area contributed by atoms with Gasteiger partial charge < -0.3 is 5.11 Å². The maximum Gasteiger partial charge on any atom is 0.332 e. The van der Waals surface area contributed by atoms with E-state index < -0.39 is 5.97 Å². The molecule has 0 aliphatic carbocycles. The van der Waals surface area contributed by atoms with Gasteiger partial charge in [0, 0.05) is 5.57 Å². The Morgan fingerprint density at radius 1 is 1.31 bits per heavy atom. The molecule has 76 valence electrons. The quantitative estimate of drug-likeness (QED) is 0.441. The van der Waals surface area contributed by atoms with Crippen LogP contribution in [0.3, 0.4) is 0 Å². The Hall–Kier alpha value is -0.0600. The predicted octanol–water partition coefficient (Wildman–Crippen LogP) is 3.75. The summed E-state index contributed by atoms with van der Waals surface area (Å²) in [5, 5.41) is 8.70. The Bertz CT molecular complexity index is 176. The van der Waals surface area contributed by atoms with Gasteiger partial charge in [0.1, 0.15) is 0 Å². The van der Waals surface area contributed by atoms with Crippen molar-refractivity contribution in [1.29, 1.82) is 0 Å². The molecule has 0 unspecified atom stereocenters. The summed E-state index contributed by atoms with van der Waals surface area (Å²) >= 11 is 1.99. The van der Waals surface area contributed by atoms with Crippen molar-refractivity contribution < 1.29 is 9.90 Å². The normalized spacial score (nSPS) is 11.7. The fraction of sp³-hybridized carbons (Fsp3) is 0.700. The van der Waals surface area contributed by atoms with E-state index in [2.05, 4.69) is 6.92 Å². The number of halogens is 1. The average molecular weight is 296 g/mol. The van der Waals surface area contributed by atoms with Gasteiger partial charge in [0.25, 0.3) is 0 Å². The van der Waals surface area contributed by atoms with Crippen LogP contribution in [0.5, 0.6) is 0 Å². The third kappa shape index (κ3) is 7.05. The van der Waals surface area contributed by atoms with E-state index in [1.54, 1.807) is 4.08 Å². The van der Waals surface area contributed by atoms with Gasteiger partial charge in [0.05, 0.1) is 0 Å². The third-order valence-electron chi connectivity index (χ3n) is 1.96. The van der Waals surface area contributed by atoms with E-state index in [0.717, 1.165) is 12.8 Å². The highest BCUT2D eigenvalue weighted by Crippen LogP contribution is 2.12. The first-order chi connectivity index (χ1) is 6.22. The van der Waals surface area contributed by atoms with Gasteiger partial charge in [0.2, 0.25) is 0 Å². The molecule has 0 saturated carbocycles. The lowest BCUT2D eigenvalue weighted by atomic mass is 10.1. The Balaban J connectivity index is 3.46. The van der Waals surface area contributed by atoms with Crippen molar-refractivity contribution >= 4 is 28.6 Å². The first kappa shape index (κ1) is 12.9. The van der Waals surface area contributed by atoms with Gasteiger partial charge in [-0.15, -0.1) is 0 Å². The Morgan fingerprint density at radius 2 is 1.92 bits per heavy atom.